The summed E-state index contributed by atoms with van der Waals surface area (Å²) in [7, 11) is 0. The number of carbonyl (C=O) groups is 1. The molecule has 0 aromatic heterocycles. The predicted octanol–water partition coefficient (Wildman–Crippen LogP) is 2.06. The topological polar surface area (TPSA) is 67.3 Å². The number of phenols is 1. The van der Waals surface area contributed by atoms with E-state index in [2.05, 4.69) is 14.7 Å². The van der Waals surface area contributed by atoms with E-state index in [1.807, 2.05) is 0 Å². The van der Waals surface area contributed by atoms with E-state index in [9.17, 15) is 9.18 Å². The Kier molecular flexibility index (Phi) is 8.27. The number of aromatic hydroxyl groups is 1. The SMILES string of the molecule is O=C([C@H]1CCCN1CCO)N1CCCN(C2CCC2)CC1.Oc1cccc(F)c1. The van der Waals surface area contributed by atoms with E-state index in [1.165, 1.54) is 37.5 Å². The summed E-state index contributed by atoms with van der Waals surface area (Å²) in [6.07, 6.45) is 7.22. The van der Waals surface area contributed by atoms with Crippen LogP contribution in [0.2, 0.25) is 0 Å². The Hall–Kier alpha value is -1.70. The normalized spacial score (nSPS) is 23.8. The number of rotatable bonds is 4. The summed E-state index contributed by atoms with van der Waals surface area (Å²) < 4.78 is 12.0. The van der Waals surface area contributed by atoms with Crippen LogP contribution in [0.25, 0.3) is 0 Å². The summed E-state index contributed by atoms with van der Waals surface area (Å²) in [4.78, 5) is 19.6. The Morgan fingerprint density at radius 3 is 2.48 bits per heavy atom. The molecule has 6 nitrogen and oxygen atoms in total. The average molecular weight is 408 g/mol. The van der Waals surface area contributed by atoms with E-state index in [0.717, 1.165) is 64.1 Å². The highest BCUT2D eigenvalue weighted by Gasteiger charge is 2.34. The van der Waals surface area contributed by atoms with Crippen molar-refractivity contribution in [2.75, 3.05) is 45.9 Å². The van der Waals surface area contributed by atoms with Crippen LogP contribution in [0.5, 0.6) is 5.75 Å². The molecule has 3 aliphatic rings. The van der Waals surface area contributed by atoms with Crippen molar-refractivity contribution >= 4 is 5.91 Å². The third kappa shape index (κ3) is 6.14. The van der Waals surface area contributed by atoms with Gasteiger partial charge in [0.2, 0.25) is 5.91 Å². The van der Waals surface area contributed by atoms with Gasteiger partial charge in [0, 0.05) is 44.8 Å². The highest BCUT2D eigenvalue weighted by Crippen LogP contribution is 2.26. The number of aliphatic hydroxyl groups is 1. The standard InChI is InChI=1S/C16H29N3O2.C6H5FO/c20-13-12-18-7-2-6-15(18)16(21)19-9-3-8-17(10-11-19)14-4-1-5-14;7-5-2-1-3-6(8)4-5/h14-15,20H,1-13H2;1-4,8H/t15-;/m1./s1. The molecule has 1 aliphatic carbocycles. The summed E-state index contributed by atoms with van der Waals surface area (Å²) >= 11 is 0. The van der Waals surface area contributed by atoms with Crippen molar-refractivity contribution < 1.29 is 19.4 Å². The average Bonchev–Trinajstić information content (AvgIpc) is 2.98. The van der Waals surface area contributed by atoms with Gasteiger partial charge in [-0.3, -0.25) is 14.6 Å². The van der Waals surface area contributed by atoms with E-state index in [-0.39, 0.29) is 18.4 Å². The number of β-amino-alcohol motifs (C(OH)–C–C–N with tert-alkyl or cyclic N) is 1. The molecular formula is C22H34FN3O3. The fraction of sp³-hybridized carbons (Fsp3) is 0.682. The van der Waals surface area contributed by atoms with Crippen LogP contribution in [0.15, 0.2) is 24.3 Å². The molecule has 162 valence electrons. The lowest BCUT2D eigenvalue weighted by atomic mass is 9.91. The smallest absolute Gasteiger partial charge is 0.239 e. The van der Waals surface area contributed by atoms with Gasteiger partial charge in [-0.15, -0.1) is 0 Å². The van der Waals surface area contributed by atoms with Crippen LogP contribution in [-0.2, 0) is 4.79 Å². The van der Waals surface area contributed by atoms with Gasteiger partial charge < -0.3 is 15.1 Å². The molecule has 29 heavy (non-hydrogen) atoms. The predicted molar refractivity (Wildman–Crippen MR) is 110 cm³/mol. The molecule has 1 aromatic rings. The quantitative estimate of drug-likeness (QED) is 0.800. The molecule has 7 heteroatoms. The zero-order chi connectivity index (χ0) is 20.6. The summed E-state index contributed by atoms with van der Waals surface area (Å²) in [5.74, 6) is -0.147. The fourth-order valence-electron chi connectivity index (χ4n) is 4.46. The van der Waals surface area contributed by atoms with Gasteiger partial charge in [-0.05, 0) is 50.8 Å². The molecule has 1 amide bonds. The number of hydrogen-bond donors (Lipinski definition) is 2. The molecule has 4 rings (SSSR count). The van der Waals surface area contributed by atoms with Gasteiger partial charge in [0.15, 0.2) is 0 Å². The third-order valence-corrected chi connectivity index (χ3v) is 6.28. The molecule has 2 heterocycles. The lowest BCUT2D eigenvalue weighted by Crippen LogP contribution is -2.48. The summed E-state index contributed by atoms with van der Waals surface area (Å²) in [6, 6.07) is 6.01. The van der Waals surface area contributed by atoms with E-state index < -0.39 is 5.82 Å². The van der Waals surface area contributed by atoms with Crippen LogP contribution < -0.4 is 0 Å². The Morgan fingerprint density at radius 1 is 1.03 bits per heavy atom. The van der Waals surface area contributed by atoms with Crippen molar-refractivity contribution in [3.05, 3.63) is 30.1 Å². The van der Waals surface area contributed by atoms with E-state index in [1.54, 1.807) is 0 Å². The molecule has 3 fully saturated rings. The summed E-state index contributed by atoms with van der Waals surface area (Å²) in [5, 5.41) is 17.7. The van der Waals surface area contributed by atoms with Gasteiger partial charge >= 0.3 is 0 Å². The van der Waals surface area contributed by atoms with Crippen LogP contribution in [0.3, 0.4) is 0 Å². The number of phenolic OH excluding ortho intramolecular Hbond substituents is 1. The van der Waals surface area contributed by atoms with Gasteiger partial charge in [-0.25, -0.2) is 4.39 Å². The van der Waals surface area contributed by atoms with E-state index in [4.69, 9.17) is 10.2 Å². The van der Waals surface area contributed by atoms with Gasteiger partial charge in [0.25, 0.3) is 0 Å². The Labute approximate surface area is 172 Å². The Balaban J connectivity index is 0.000000252. The molecule has 0 unspecified atom stereocenters. The second kappa shape index (κ2) is 10.9. The third-order valence-electron chi connectivity index (χ3n) is 6.28. The van der Waals surface area contributed by atoms with E-state index in [0.29, 0.717) is 12.5 Å². The molecule has 2 N–H and O–H groups in total. The number of hydrogen-bond acceptors (Lipinski definition) is 5. The van der Waals surface area contributed by atoms with Gasteiger partial charge in [0.1, 0.15) is 11.6 Å². The van der Waals surface area contributed by atoms with Gasteiger partial charge in [-0.1, -0.05) is 12.5 Å². The molecule has 0 bridgehead atoms. The van der Waals surface area contributed by atoms with Crippen molar-refractivity contribution in [3.8, 4) is 5.75 Å². The molecule has 0 spiro atoms. The van der Waals surface area contributed by atoms with Crippen LogP contribution in [0.1, 0.15) is 38.5 Å². The van der Waals surface area contributed by atoms with E-state index >= 15 is 0 Å². The number of aliphatic hydroxyl groups excluding tert-OH is 1. The molecular weight excluding hydrogens is 373 g/mol. The summed E-state index contributed by atoms with van der Waals surface area (Å²) in [5.41, 5.74) is 0. The second-order valence-corrected chi connectivity index (χ2v) is 8.20. The van der Waals surface area contributed by atoms with Crippen molar-refractivity contribution in [1.82, 2.24) is 14.7 Å². The number of amides is 1. The largest absolute Gasteiger partial charge is 0.508 e. The molecule has 2 aliphatic heterocycles. The molecule has 1 saturated carbocycles. The van der Waals surface area contributed by atoms with Crippen LogP contribution in [0.4, 0.5) is 4.39 Å². The van der Waals surface area contributed by atoms with Crippen LogP contribution >= 0.6 is 0 Å². The maximum Gasteiger partial charge on any atom is 0.239 e. The lowest BCUT2D eigenvalue weighted by Gasteiger charge is -2.37. The Morgan fingerprint density at radius 2 is 1.86 bits per heavy atom. The maximum atomic E-state index is 12.8. The van der Waals surface area contributed by atoms with Crippen LogP contribution in [0, 0.1) is 5.82 Å². The number of benzene rings is 1. The minimum atomic E-state index is -0.412. The first-order chi connectivity index (χ1) is 14.1. The number of likely N-dealkylation sites (tertiary alicyclic amines) is 1. The molecule has 0 radical (unpaired) electrons. The minimum Gasteiger partial charge on any atom is -0.508 e. The minimum absolute atomic E-state index is 0.0207. The highest BCUT2D eigenvalue weighted by atomic mass is 19.1. The molecule has 2 saturated heterocycles. The summed E-state index contributed by atoms with van der Waals surface area (Å²) in [6.45, 7) is 5.74. The van der Waals surface area contributed by atoms with Crippen molar-refractivity contribution in [2.45, 2.75) is 50.6 Å². The van der Waals surface area contributed by atoms with Crippen LogP contribution in [-0.4, -0.2) is 88.8 Å². The lowest BCUT2D eigenvalue weighted by molar-refractivity contribution is -0.136. The number of halogens is 1. The Bertz CT molecular complexity index is 639. The molecule has 1 atom stereocenters. The zero-order valence-corrected chi connectivity index (χ0v) is 17.2. The molecule has 1 aromatic carbocycles. The monoisotopic (exact) mass is 407 g/mol. The first-order valence-corrected chi connectivity index (χ1v) is 10.9. The zero-order valence-electron chi connectivity index (χ0n) is 17.2. The highest BCUT2D eigenvalue weighted by molar-refractivity contribution is 5.82. The first kappa shape index (κ1) is 22.0. The number of nitrogens with zero attached hydrogens (tertiary/aromatic N) is 3. The van der Waals surface area contributed by atoms with Gasteiger partial charge in [-0.2, -0.15) is 0 Å². The first-order valence-electron chi connectivity index (χ1n) is 10.9. The maximum absolute atomic E-state index is 12.8. The fourth-order valence-corrected chi connectivity index (χ4v) is 4.46. The second-order valence-electron chi connectivity index (χ2n) is 8.20. The van der Waals surface area contributed by atoms with Crippen molar-refractivity contribution in [1.29, 1.82) is 0 Å². The number of carbonyl (C=O) groups excluding carboxylic acids is 1. The van der Waals surface area contributed by atoms with Crippen molar-refractivity contribution in [2.24, 2.45) is 0 Å². The van der Waals surface area contributed by atoms with Crippen molar-refractivity contribution in [3.63, 3.8) is 0 Å². The van der Waals surface area contributed by atoms with Gasteiger partial charge in [0.05, 0.1) is 12.6 Å².